The number of nitrogens with one attached hydrogen (secondary N) is 3. The van der Waals surface area contributed by atoms with E-state index in [9.17, 15) is 28.8 Å². The van der Waals surface area contributed by atoms with E-state index in [4.69, 9.17) is 26.2 Å². The van der Waals surface area contributed by atoms with Crippen LogP contribution < -0.4 is 21.7 Å². The molecule has 14 nitrogen and oxygen atoms in total. The van der Waals surface area contributed by atoms with Crippen molar-refractivity contribution in [3.63, 3.8) is 0 Å². The monoisotopic (exact) mass is 420 g/mol. The highest BCUT2D eigenvalue weighted by atomic mass is 16.4. The van der Waals surface area contributed by atoms with E-state index in [-0.39, 0.29) is 0 Å². The van der Waals surface area contributed by atoms with Gasteiger partial charge in [0, 0.05) is 6.42 Å². The Labute approximate surface area is 164 Å². The number of hydrogen-bond donors (Lipinski definition) is 8. The Balaban J connectivity index is 5.42. The minimum absolute atomic E-state index is 0.467. The highest BCUT2D eigenvalue weighted by molar-refractivity contribution is 5.95. The summed E-state index contributed by atoms with van der Waals surface area (Å²) in [6.07, 6.45) is -1.91. The van der Waals surface area contributed by atoms with Crippen molar-refractivity contribution < 1.29 is 49.2 Å². The molecule has 0 saturated heterocycles. The second-order valence-electron chi connectivity index (χ2n) is 6.02. The molecule has 0 heterocycles. The van der Waals surface area contributed by atoms with Gasteiger partial charge in [-0.2, -0.15) is 0 Å². The quantitative estimate of drug-likeness (QED) is 0.143. The standard InChI is InChI=1S/C15H24N4O10/c1-6(16)12(25)18-8(4-11(23)24)14(27)17-7(2-3-10(21)22)13(26)19-9(5-20)15(28)29/h6-9,20H,2-5,16H2,1H3,(H,17,27)(H,18,25)(H,19,26)(H,21,22)(H,23,24)(H,28,29). The molecular weight excluding hydrogens is 396 g/mol. The highest BCUT2D eigenvalue weighted by Crippen LogP contribution is 2.02. The zero-order valence-corrected chi connectivity index (χ0v) is 15.5. The second kappa shape index (κ2) is 12.2. The van der Waals surface area contributed by atoms with E-state index in [0.29, 0.717) is 0 Å². The maximum absolute atomic E-state index is 12.4. The predicted octanol–water partition coefficient (Wildman–Crippen LogP) is -3.80. The summed E-state index contributed by atoms with van der Waals surface area (Å²) >= 11 is 0. The third-order valence-corrected chi connectivity index (χ3v) is 3.50. The lowest BCUT2D eigenvalue weighted by atomic mass is 10.1. The fourth-order valence-corrected chi connectivity index (χ4v) is 1.95. The summed E-state index contributed by atoms with van der Waals surface area (Å²) in [4.78, 5) is 68.9. The van der Waals surface area contributed by atoms with E-state index in [1.165, 1.54) is 6.92 Å². The summed E-state index contributed by atoms with van der Waals surface area (Å²) in [5.41, 5.74) is 5.34. The number of carbonyl (C=O) groups is 6. The van der Waals surface area contributed by atoms with Crippen molar-refractivity contribution >= 4 is 35.6 Å². The largest absolute Gasteiger partial charge is 0.481 e. The number of aliphatic hydroxyl groups is 1. The molecule has 164 valence electrons. The molecule has 0 rings (SSSR count). The van der Waals surface area contributed by atoms with Gasteiger partial charge in [-0.3, -0.25) is 24.0 Å². The maximum Gasteiger partial charge on any atom is 0.328 e. The molecular formula is C15H24N4O10. The molecule has 0 aliphatic carbocycles. The summed E-state index contributed by atoms with van der Waals surface area (Å²) in [6, 6.07) is -5.97. The van der Waals surface area contributed by atoms with Crippen molar-refractivity contribution in [1.29, 1.82) is 0 Å². The van der Waals surface area contributed by atoms with Gasteiger partial charge >= 0.3 is 17.9 Å². The third kappa shape index (κ3) is 10.0. The number of carbonyl (C=O) groups excluding carboxylic acids is 3. The van der Waals surface area contributed by atoms with Gasteiger partial charge in [-0.25, -0.2) is 4.79 Å². The fourth-order valence-electron chi connectivity index (χ4n) is 1.95. The Morgan fingerprint density at radius 3 is 1.69 bits per heavy atom. The summed E-state index contributed by atoms with van der Waals surface area (Å²) in [7, 11) is 0. The van der Waals surface area contributed by atoms with Crippen molar-refractivity contribution in [2.24, 2.45) is 5.73 Å². The maximum atomic E-state index is 12.4. The highest BCUT2D eigenvalue weighted by Gasteiger charge is 2.31. The Morgan fingerprint density at radius 2 is 1.28 bits per heavy atom. The molecule has 0 aromatic carbocycles. The molecule has 3 amide bonds. The lowest BCUT2D eigenvalue weighted by Crippen LogP contribution is -2.57. The van der Waals surface area contributed by atoms with Crippen molar-refractivity contribution in [3.05, 3.63) is 0 Å². The van der Waals surface area contributed by atoms with E-state index in [1.54, 1.807) is 0 Å². The van der Waals surface area contributed by atoms with Crippen LogP contribution >= 0.6 is 0 Å². The van der Waals surface area contributed by atoms with Crippen molar-refractivity contribution in [2.45, 2.75) is 50.4 Å². The number of nitrogens with two attached hydrogens (primary N) is 1. The van der Waals surface area contributed by atoms with Gasteiger partial charge in [0.15, 0.2) is 0 Å². The number of carboxylic acid groups (broad SMARTS) is 3. The van der Waals surface area contributed by atoms with Crippen LogP contribution in [0.15, 0.2) is 0 Å². The molecule has 0 spiro atoms. The van der Waals surface area contributed by atoms with Gasteiger partial charge in [0.25, 0.3) is 0 Å². The molecule has 0 aromatic rings. The van der Waals surface area contributed by atoms with Gasteiger partial charge < -0.3 is 42.1 Å². The number of amides is 3. The molecule has 0 saturated carbocycles. The van der Waals surface area contributed by atoms with Crippen LogP contribution in [0.25, 0.3) is 0 Å². The molecule has 0 aliphatic rings. The molecule has 14 heteroatoms. The van der Waals surface area contributed by atoms with Crippen LogP contribution in [0.3, 0.4) is 0 Å². The van der Waals surface area contributed by atoms with Gasteiger partial charge in [0.1, 0.15) is 18.1 Å². The molecule has 29 heavy (non-hydrogen) atoms. The predicted molar refractivity (Wildman–Crippen MR) is 93.3 cm³/mol. The molecule has 4 atom stereocenters. The lowest BCUT2D eigenvalue weighted by Gasteiger charge is -2.23. The van der Waals surface area contributed by atoms with E-state index < -0.39 is 85.7 Å². The molecule has 0 aliphatic heterocycles. The van der Waals surface area contributed by atoms with E-state index in [1.807, 2.05) is 5.32 Å². The van der Waals surface area contributed by atoms with Crippen LogP contribution in [-0.2, 0) is 28.8 Å². The Morgan fingerprint density at radius 1 is 0.793 bits per heavy atom. The van der Waals surface area contributed by atoms with E-state index in [0.717, 1.165) is 0 Å². The second-order valence-corrected chi connectivity index (χ2v) is 6.02. The summed E-state index contributed by atoms with van der Waals surface area (Å²) in [5, 5.41) is 41.6. The number of rotatable bonds is 13. The molecule has 0 fully saturated rings. The van der Waals surface area contributed by atoms with Gasteiger partial charge in [0.2, 0.25) is 17.7 Å². The normalized spacial score (nSPS) is 14.6. The average Bonchev–Trinajstić information content (AvgIpc) is 2.60. The Bertz CT molecular complexity index is 651. The van der Waals surface area contributed by atoms with Gasteiger partial charge in [0.05, 0.1) is 19.1 Å². The van der Waals surface area contributed by atoms with Gasteiger partial charge in [-0.15, -0.1) is 0 Å². The minimum Gasteiger partial charge on any atom is -0.481 e. The molecule has 9 N–H and O–H groups in total. The van der Waals surface area contributed by atoms with Crippen molar-refractivity contribution in [2.75, 3.05) is 6.61 Å². The average molecular weight is 420 g/mol. The minimum atomic E-state index is -1.71. The zero-order chi connectivity index (χ0) is 22.7. The number of carboxylic acids is 3. The summed E-state index contributed by atoms with van der Waals surface area (Å²) < 4.78 is 0. The van der Waals surface area contributed by atoms with Crippen LogP contribution in [-0.4, -0.2) is 86.8 Å². The summed E-state index contributed by atoms with van der Waals surface area (Å²) in [5.74, 6) is -7.42. The first kappa shape index (κ1) is 25.7. The number of aliphatic carboxylic acids is 3. The SMILES string of the molecule is CC(N)C(=O)NC(CC(=O)O)C(=O)NC(CCC(=O)O)C(=O)NC(CO)C(=O)O. The topological polar surface area (TPSA) is 245 Å². The lowest BCUT2D eigenvalue weighted by molar-refractivity contribution is -0.144. The van der Waals surface area contributed by atoms with E-state index >= 15 is 0 Å². The molecule has 0 bridgehead atoms. The molecule has 0 radical (unpaired) electrons. The van der Waals surface area contributed by atoms with Crippen molar-refractivity contribution in [1.82, 2.24) is 16.0 Å². The number of aliphatic hydroxyl groups excluding tert-OH is 1. The Kier molecular flexibility index (Phi) is 10.9. The molecule has 0 aromatic heterocycles. The fraction of sp³-hybridized carbons (Fsp3) is 0.600. The van der Waals surface area contributed by atoms with Crippen LogP contribution in [0.5, 0.6) is 0 Å². The van der Waals surface area contributed by atoms with Crippen LogP contribution in [0.4, 0.5) is 0 Å². The third-order valence-electron chi connectivity index (χ3n) is 3.50. The van der Waals surface area contributed by atoms with Crippen LogP contribution in [0, 0.1) is 0 Å². The zero-order valence-electron chi connectivity index (χ0n) is 15.5. The van der Waals surface area contributed by atoms with Gasteiger partial charge in [-0.05, 0) is 13.3 Å². The first-order chi connectivity index (χ1) is 13.4. The first-order valence-electron chi connectivity index (χ1n) is 8.33. The number of hydrogen-bond acceptors (Lipinski definition) is 8. The molecule has 4 unspecified atom stereocenters. The Hall–Kier alpha value is -3.26. The van der Waals surface area contributed by atoms with Crippen LogP contribution in [0.2, 0.25) is 0 Å². The van der Waals surface area contributed by atoms with Crippen molar-refractivity contribution in [3.8, 4) is 0 Å². The first-order valence-corrected chi connectivity index (χ1v) is 8.33. The smallest absolute Gasteiger partial charge is 0.328 e. The van der Waals surface area contributed by atoms with E-state index in [2.05, 4.69) is 10.6 Å². The summed E-state index contributed by atoms with van der Waals surface area (Å²) in [6.45, 7) is 0.321. The van der Waals surface area contributed by atoms with Crippen LogP contribution in [0.1, 0.15) is 26.2 Å². The van der Waals surface area contributed by atoms with Gasteiger partial charge in [-0.1, -0.05) is 0 Å².